The summed E-state index contributed by atoms with van der Waals surface area (Å²) in [5.41, 5.74) is 10.4. The van der Waals surface area contributed by atoms with Gasteiger partial charge in [0.1, 0.15) is 0 Å². The molecule has 1 N–H and O–H groups in total. The van der Waals surface area contributed by atoms with Crippen molar-refractivity contribution in [1.82, 2.24) is 4.98 Å². The molecular formula is C26H21N3. The Kier molecular flexibility index (Phi) is 4.41. The van der Waals surface area contributed by atoms with Gasteiger partial charge in [-0.3, -0.25) is 9.98 Å². The van der Waals surface area contributed by atoms with E-state index in [-0.39, 0.29) is 0 Å². The van der Waals surface area contributed by atoms with Gasteiger partial charge in [-0.1, -0.05) is 55.1 Å². The Morgan fingerprint density at radius 1 is 0.931 bits per heavy atom. The number of fused-ring (bicyclic) bond motifs is 1. The van der Waals surface area contributed by atoms with Crippen LogP contribution in [0.2, 0.25) is 0 Å². The van der Waals surface area contributed by atoms with E-state index in [4.69, 9.17) is 0 Å². The summed E-state index contributed by atoms with van der Waals surface area (Å²) in [6, 6.07) is 20.9. The number of nitrogens with zero attached hydrogens (tertiary/aromatic N) is 2. The fourth-order valence-electron chi connectivity index (χ4n) is 3.82. The SMILES string of the molecule is C=C(Nc1ccc2c(c1)C=C(c1cccnc1)C2)C1=CN=C(c2ccccc2)C1. The van der Waals surface area contributed by atoms with E-state index in [1.54, 1.807) is 0 Å². The number of hydrogen-bond donors (Lipinski definition) is 1. The van der Waals surface area contributed by atoms with Gasteiger partial charge >= 0.3 is 0 Å². The first-order valence-electron chi connectivity index (χ1n) is 9.77. The van der Waals surface area contributed by atoms with E-state index in [1.807, 2.05) is 42.9 Å². The quantitative estimate of drug-likeness (QED) is 0.604. The predicted molar refractivity (Wildman–Crippen MR) is 121 cm³/mol. The van der Waals surface area contributed by atoms with E-state index in [9.17, 15) is 0 Å². The highest BCUT2D eigenvalue weighted by Crippen LogP contribution is 2.33. The van der Waals surface area contributed by atoms with Crippen LogP contribution in [0.3, 0.4) is 0 Å². The maximum atomic E-state index is 4.59. The first kappa shape index (κ1) is 17.4. The van der Waals surface area contributed by atoms with E-state index in [0.29, 0.717) is 0 Å². The number of benzene rings is 2. The number of aromatic nitrogens is 1. The molecule has 1 aliphatic heterocycles. The number of hydrogen-bond acceptors (Lipinski definition) is 3. The largest absolute Gasteiger partial charge is 0.356 e. The van der Waals surface area contributed by atoms with Crippen molar-refractivity contribution < 1.29 is 0 Å². The topological polar surface area (TPSA) is 37.3 Å². The van der Waals surface area contributed by atoms with Gasteiger partial charge in [-0.15, -0.1) is 0 Å². The van der Waals surface area contributed by atoms with Crippen LogP contribution in [-0.4, -0.2) is 10.7 Å². The normalized spacial score (nSPS) is 14.7. The Bertz CT molecular complexity index is 1170. The molecule has 1 aromatic heterocycles. The Morgan fingerprint density at radius 2 is 1.79 bits per heavy atom. The molecular weight excluding hydrogens is 354 g/mol. The molecule has 29 heavy (non-hydrogen) atoms. The maximum absolute atomic E-state index is 4.59. The van der Waals surface area contributed by atoms with Gasteiger partial charge in [-0.05, 0) is 58.0 Å². The van der Waals surface area contributed by atoms with E-state index in [1.165, 1.54) is 22.3 Å². The number of aliphatic imine (C=N–C) groups is 1. The van der Waals surface area contributed by atoms with Crippen molar-refractivity contribution in [3.63, 3.8) is 0 Å². The number of allylic oxidation sites excluding steroid dienone is 2. The van der Waals surface area contributed by atoms with Gasteiger partial charge in [0, 0.05) is 36.4 Å². The standard InChI is InChI=1S/C26H21N3/c1-18(24-15-26(28-17-24)19-6-3-2-4-7-19)29-25-10-9-20-12-22(13-23(20)14-25)21-8-5-11-27-16-21/h2-11,13-14,16-17,29H,1,12,15H2. The number of pyridine rings is 1. The van der Waals surface area contributed by atoms with Crippen LogP contribution in [0.15, 0.2) is 102 Å². The maximum Gasteiger partial charge on any atom is 0.0521 e. The number of anilines is 1. The van der Waals surface area contributed by atoms with Crippen LogP contribution in [0, 0.1) is 0 Å². The van der Waals surface area contributed by atoms with Crippen molar-refractivity contribution >= 4 is 23.0 Å². The zero-order valence-electron chi connectivity index (χ0n) is 16.1. The third kappa shape index (κ3) is 3.55. The molecule has 0 bridgehead atoms. The van der Waals surface area contributed by atoms with E-state index in [2.05, 4.69) is 64.3 Å². The van der Waals surface area contributed by atoms with E-state index < -0.39 is 0 Å². The molecule has 0 radical (unpaired) electrons. The minimum atomic E-state index is 0.797. The summed E-state index contributed by atoms with van der Waals surface area (Å²) in [6.07, 6.45) is 9.66. The van der Waals surface area contributed by atoms with Crippen molar-refractivity contribution in [1.29, 1.82) is 0 Å². The van der Waals surface area contributed by atoms with E-state index in [0.717, 1.165) is 41.1 Å². The van der Waals surface area contributed by atoms with Crippen molar-refractivity contribution in [3.8, 4) is 0 Å². The van der Waals surface area contributed by atoms with Gasteiger partial charge in [0.15, 0.2) is 0 Å². The third-order valence-electron chi connectivity index (χ3n) is 5.41. The first-order chi connectivity index (χ1) is 14.3. The summed E-state index contributed by atoms with van der Waals surface area (Å²) >= 11 is 0. The van der Waals surface area contributed by atoms with Crippen LogP contribution in [0.1, 0.15) is 28.7 Å². The predicted octanol–water partition coefficient (Wildman–Crippen LogP) is 5.88. The molecule has 0 spiro atoms. The summed E-state index contributed by atoms with van der Waals surface area (Å²) in [5.74, 6) is 0. The summed E-state index contributed by atoms with van der Waals surface area (Å²) in [6.45, 7) is 4.24. The van der Waals surface area contributed by atoms with Crippen molar-refractivity contribution in [2.75, 3.05) is 5.32 Å². The van der Waals surface area contributed by atoms with Gasteiger partial charge < -0.3 is 5.32 Å². The molecule has 2 heterocycles. The molecule has 0 fully saturated rings. The molecule has 5 rings (SSSR count). The van der Waals surface area contributed by atoms with Crippen LogP contribution in [0.5, 0.6) is 0 Å². The second-order valence-corrected chi connectivity index (χ2v) is 7.38. The molecule has 2 aromatic carbocycles. The second-order valence-electron chi connectivity index (χ2n) is 7.38. The van der Waals surface area contributed by atoms with Crippen molar-refractivity contribution in [3.05, 3.63) is 119 Å². The third-order valence-corrected chi connectivity index (χ3v) is 5.41. The van der Waals surface area contributed by atoms with Gasteiger partial charge in [-0.25, -0.2) is 0 Å². The number of rotatable bonds is 5. The molecule has 0 saturated heterocycles. The first-order valence-corrected chi connectivity index (χ1v) is 9.77. The minimum Gasteiger partial charge on any atom is -0.356 e. The molecule has 3 nitrogen and oxygen atoms in total. The lowest BCUT2D eigenvalue weighted by Gasteiger charge is -2.12. The second kappa shape index (κ2) is 7.36. The fourth-order valence-corrected chi connectivity index (χ4v) is 3.82. The van der Waals surface area contributed by atoms with E-state index >= 15 is 0 Å². The van der Waals surface area contributed by atoms with Gasteiger partial charge in [0.05, 0.1) is 5.71 Å². The smallest absolute Gasteiger partial charge is 0.0521 e. The van der Waals surface area contributed by atoms with Gasteiger partial charge in [0.2, 0.25) is 0 Å². The van der Waals surface area contributed by atoms with Gasteiger partial charge in [-0.2, -0.15) is 0 Å². The Balaban J connectivity index is 1.28. The average molecular weight is 375 g/mol. The molecule has 1 aliphatic carbocycles. The molecule has 0 atom stereocenters. The molecule has 0 saturated carbocycles. The molecule has 140 valence electrons. The highest BCUT2D eigenvalue weighted by atomic mass is 14.9. The average Bonchev–Trinajstić information content (AvgIpc) is 3.42. The molecule has 3 aromatic rings. The Labute approximate surface area is 170 Å². The molecule has 3 heteroatoms. The van der Waals surface area contributed by atoms with Crippen molar-refractivity contribution in [2.24, 2.45) is 4.99 Å². The Hall–Kier alpha value is -3.72. The van der Waals surface area contributed by atoms with Crippen LogP contribution in [-0.2, 0) is 6.42 Å². The van der Waals surface area contributed by atoms with Crippen LogP contribution in [0.4, 0.5) is 5.69 Å². The summed E-state index contributed by atoms with van der Waals surface area (Å²) < 4.78 is 0. The Morgan fingerprint density at radius 3 is 2.62 bits per heavy atom. The van der Waals surface area contributed by atoms with Crippen molar-refractivity contribution in [2.45, 2.75) is 12.8 Å². The summed E-state index contributed by atoms with van der Waals surface area (Å²) in [7, 11) is 0. The fraction of sp³-hybridized carbons (Fsp3) is 0.0769. The molecule has 0 unspecified atom stereocenters. The van der Waals surface area contributed by atoms with Crippen LogP contribution >= 0.6 is 0 Å². The number of nitrogens with one attached hydrogen (secondary N) is 1. The summed E-state index contributed by atoms with van der Waals surface area (Å²) in [5, 5.41) is 3.46. The lowest BCUT2D eigenvalue weighted by Crippen LogP contribution is -2.04. The minimum absolute atomic E-state index is 0.797. The lowest BCUT2D eigenvalue weighted by atomic mass is 10.0. The zero-order chi connectivity index (χ0) is 19.6. The summed E-state index contributed by atoms with van der Waals surface area (Å²) in [4.78, 5) is 8.83. The molecule has 2 aliphatic rings. The highest BCUT2D eigenvalue weighted by molar-refractivity contribution is 6.04. The lowest BCUT2D eigenvalue weighted by molar-refractivity contribution is 1.26. The monoisotopic (exact) mass is 375 g/mol. The van der Waals surface area contributed by atoms with Gasteiger partial charge in [0.25, 0.3) is 0 Å². The highest BCUT2D eigenvalue weighted by Gasteiger charge is 2.17. The van der Waals surface area contributed by atoms with Crippen LogP contribution < -0.4 is 5.32 Å². The van der Waals surface area contributed by atoms with Crippen LogP contribution in [0.25, 0.3) is 11.6 Å². The zero-order valence-corrected chi connectivity index (χ0v) is 16.1. The molecule has 0 amide bonds.